The zero-order valence-electron chi connectivity index (χ0n) is 19.6. The van der Waals surface area contributed by atoms with Crippen LogP contribution in [0.25, 0.3) is 6.08 Å². The molecule has 0 radical (unpaired) electrons. The van der Waals surface area contributed by atoms with E-state index in [9.17, 15) is 9.59 Å². The summed E-state index contributed by atoms with van der Waals surface area (Å²) in [7, 11) is 1.52. The maximum absolute atomic E-state index is 12.9. The molecule has 9 heteroatoms. The van der Waals surface area contributed by atoms with Gasteiger partial charge in [0, 0.05) is 0 Å². The molecule has 0 atom stereocenters. The number of halogens is 2. The lowest BCUT2D eigenvalue weighted by Gasteiger charge is -2.14. The second-order valence-corrected chi connectivity index (χ2v) is 9.73. The number of amides is 2. The molecule has 0 unspecified atom stereocenters. The second-order valence-electron chi connectivity index (χ2n) is 7.92. The van der Waals surface area contributed by atoms with Crippen molar-refractivity contribution in [3.8, 4) is 17.2 Å². The molecular formula is C27H23Cl2NO5S. The number of aryl methyl sites for hydroxylation is 1. The highest BCUT2D eigenvalue weighted by Crippen LogP contribution is 2.39. The quantitative estimate of drug-likeness (QED) is 0.270. The SMILES string of the molecule is COc1cc(/C=C2\SC(=O)N(CCOc3ccccc3Cl)C2=O)cc(Cl)c1OCc1cccc(C)c1. The number of methoxy groups -OCH3 is 1. The highest BCUT2D eigenvalue weighted by molar-refractivity contribution is 8.18. The summed E-state index contributed by atoms with van der Waals surface area (Å²) in [6, 6.07) is 18.4. The normalized spacial score (nSPS) is 14.4. The van der Waals surface area contributed by atoms with Gasteiger partial charge in [0.15, 0.2) is 11.5 Å². The van der Waals surface area contributed by atoms with Crippen molar-refractivity contribution < 1.29 is 23.8 Å². The lowest BCUT2D eigenvalue weighted by molar-refractivity contribution is -0.123. The van der Waals surface area contributed by atoms with Crippen LogP contribution in [0.5, 0.6) is 17.2 Å². The Labute approximate surface area is 223 Å². The standard InChI is InChI=1S/C27H23Cl2NO5S/c1-17-6-5-7-18(12-17)16-35-25-21(29)13-19(14-23(25)33-2)15-24-26(31)30(27(32)36-24)10-11-34-22-9-4-3-8-20(22)28/h3-9,12-15H,10-11,16H2,1-2H3/b24-15-. The van der Waals surface area contributed by atoms with E-state index in [-0.39, 0.29) is 23.3 Å². The van der Waals surface area contributed by atoms with Crippen LogP contribution in [0.2, 0.25) is 10.0 Å². The van der Waals surface area contributed by atoms with Crippen LogP contribution in [0.15, 0.2) is 65.6 Å². The summed E-state index contributed by atoms with van der Waals surface area (Å²) >= 11 is 13.4. The van der Waals surface area contributed by atoms with Gasteiger partial charge in [0.25, 0.3) is 11.1 Å². The molecule has 2 amide bonds. The van der Waals surface area contributed by atoms with Gasteiger partial charge in [-0.1, -0.05) is 65.2 Å². The Morgan fingerprint density at radius 2 is 1.75 bits per heavy atom. The number of carbonyl (C=O) groups is 2. The minimum atomic E-state index is -0.400. The van der Waals surface area contributed by atoms with E-state index in [1.807, 2.05) is 31.2 Å². The molecule has 0 spiro atoms. The molecule has 1 aliphatic heterocycles. The minimum absolute atomic E-state index is 0.100. The summed E-state index contributed by atoms with van der Waals surface area (Å²) < 4.78 is 17.0. The number of ether oxygens (including phenoxy) is 3. The van der Waals surface area contributed by atoms with Crippen LogP contribution < -0.4 is 14.2 Å². The van der Waals surface area contributed by atoms with Gasteiger partial charge in [0.1, 0.15) is 19.0 Å². The number of imide groups is 1. The third-order valence-corrected chi connectivity index (χ3v) is 6.80. The van der Waals surface area contributed by atoms with Gasteiger partial charge in [0.2, 0.25) is 0 Å². The summed E-state index contributed by atoms with van der Waals surface area (Å²) in [6.45, 7) is 2.57. The zero-order valence-corrected chi connectivity index (χ0v) is 22.0. The lowest BCUT2D eigenvalue weighted by atomic mass is 10.1. The van der Waals surface area contributed by atoms with Gasteiger partial charge in [-0.05, 0) is 60.2 Å². The van der Waals surface area contributed by atoms with Crippen molar-refractivity contribution in [1.29, 1.82) is 0 Å². The summed E-state index contributed by atoms with van der Waals surface area (Å²) in [6.07, 6.45) is 1.61. The van der Waals surface area contributed by atoms with E-state index in [1.165, 1.54) is 7.11 Å². The van der Waals surface area contributed by atoms with E-state index in [4.69, 9.17) is 37.4 Å². The van der Waals surface area contributed by atoms with E-state index in [1.54, 1.807) is 42.5 Å². The molecule has 36 heavy (non-hydrogen) atoms. The molecular weight excluding hydrogens is 521 g/mol. The average Bonchev–Trinajstić information content (AvgIpc) is 3.11. The number of carbonyl (C=O) groups excluding carboxylic acids is 2. The molecule has 186 valence electrons. The highest BCUT2D eigenvalue weighted by Gasteiger charge is 2.35. The van der Waals surface area contributed by atoms with Gasteiger partial charge >= 0.3 is 0 Å². The first-order valence-electron chi connectivity index (χ1n) is 11.0. The van der Waals surface area contributed by atoms with Crippen LogP contribution >= 0.6 is 35.0 Å². The van der Waals surface area contributed by atoms with E-state index >= 15 is 0 Å². The molecule has 3 aromatic rings. The summed E-state index contributed by atoms with van der Waals surface area (Å²) in [4.78, 5) is 26.8. The minimum Gasteiger partial charge on any atom is -0.493 e. The maximum Gasteiger partial charge on any atom is 0.293 e. The van der Waals surface area contributed by atoms with Crippen LogP contribution in [-0.4, -0.2) is 36.3 Å². The number of hydrogen-bond donors (Lipinski definition) is 0. The molecule has 1 aliphatic rings. The van der Waals surface area contributed by atoms with Crippen LogP contribution in [0.4, 0.5) is 4.79 Å². The monoisotopic (exact) mass is 543 g/mol. The molecule has 6 nitrogen and oxygen atoms in total. The van der Waals surface area contributed by atoms with Gasteiger partial charge in [0.05, 0.1) is 28.6 Å². The Balaban J connectivity index is 1.44. The number of rotatable bonds is 9. The van der Waals surface area contributed by atoms with E-state index in [0.717, 1.165) is 27.8 Å². The van der Waals surface area contributed by atoms with Crippen molar-refractivity contribution in [3.63, 3.8) is 0 Å². The fourth-order valence-electron chi connectivity index (χ4n) is 3.57. The fraction of sp³-hybridized carbons (Fsp3) is 0.185. The van der Waals surface area contributed by atoms with Gasteiger partial charge in [-0.2, -0.15) is 0 Å². The molecule has 0 aliphatic carbocycles. The van der Waals surface area contributed by atoms with Crippen LogP contribution in [0, 0.1) is 6.92 Å². The molecule has 3 aromatic carbocycles. The molecule has 0 aromatic heterocycles. The summed E-state index contributed by atoms with van der Waals surface area (Å²) in [5.74, 6) is 0.923. The summed E-state index contributed by atoms with van der Waals surface area (Å²) in [5.41, 5.74) is 2.75. The van der Waals surface area contributed by atoms with Crippen LogP contribution in [0.3, 0.4) is 0 Å². The molecule has 0 saturated carbocycles. The predicted molar refractivity (Wildman–Crippen MR) is 143 cm³/mol. The topological polar surface area (TPSA) is 65.1 Å². The third-order valence-electron chi connectivity index (χ3n) is 5.30. The largest absolute Gasteiger partial charge is 0.493 e. The predicted octanol–water partition coefficient (Wildman–Crippen LogP) is 7.00. The Morgan fingerprint density at radius 1 is 0.944 bits per heavy atom. The highest BCUT2D eigenvalue weighted by atomic mass is 35.5. The number of para-hydroxylation sites is 1. The number of hydrogen-bond acceptors (Lipinski definition) is 6. The Morgan fingerprint density at radius 3 is 2.50 bits per heavy atom. The van der Waals surface area contributed by atoms with Crippen molar-refractivity contribution in [3.05, 3.63) is 92.3 Å². The molecule has 1 fully saturated rings. The van der Waals surface area contributed by atoms with Crippen molar-refractivity contribution in [1.82, 2.24) is 4.90 Å². The smallest absolute Gasteiger partial charge is 0.293 e. The molecule has 1 heterocycles. The van der Waals surface area contributed by atoms with Crippen molar-refractivity contribution >= 4 is 52.2 Å². The fourth-order valence-corrected chi connectivity index (χ4v) is 4.90. The van der Waals surface area contributed by atoms with E-state index < -0.39 is 5.91 Å². The van der Waals surface area contributed by atoms with Gasteiger partial charge < -0.3 is 14.2 Å². The third kappa shape index (κ3) is 6.16. The molecule has 4 rings (SSSR count). The maximum atomic E-state index is 12.9. The first-order valence-corrected chi connectivity index (χ1v) is 12.6. The molecule has 1 saturated heterocycles. The van der Waals surface area contributed by atoms with Crippen molar-refractivity contribution in [2.75, 3.05) is 20.3 Å². The number of benzene rings is 3. The average molecular weight is 544 g/mol. The van der Waals surface area contributed by atoms with Crippen LogP contribution in [0.1, 0.15) is 16.7 Å². The number of nitrogens with zero attached hydrogens (tertiary/aromatic N) is 1. The Kier molecular flexibility index (Phi) is 8.46. The molecule has 0 bridgehead atoms. The van der Waals surface area contributed by atoms with Crippen molar-refractivity contribution in [2.24, 2.45) is 0 Å². The van der Waals surface area contributed by atoms with Crippen molar-refractivity contribution in [2.45, 2.75) is 13.5 Å². The van der Waals surface area contributed by atoms with Crippen LogP contribution in [-0.2, 0) is 11.4 Å². The first-order chi connectivity index (χ1) is 17.4. The Bertz CT molecular complexity index is 1330. The van der Waals surface area contributed by atoms with E-state index in [0.29, 0.717) is 39.5 Å². The van der Waals surface area contributed by atoms with Gasteiger partial charge in [-0.25, -0.2) is 0 Å². The molecule has 0 N–H and O–H groups in total. The summed E-state index contributed by atoms with van der Waals surface area (Å²) in [5, 5.41) is 0.425. The number of thioether (sulfide) groups is 1. The van der Waals surface area contributed by atoms with Gasteiger partial charge in [-0.15, -0.1) is 0 Å². The lowest BCUT2D eigenvalue weighted by Crippen LogP contribution is -2.32. The first kappa shape index (κ1) is 25.9. The second kappa shape index (κ2) is 11.7. The Hall–Kier alpha value is -3.13. The zero-order chi connectivity index (χ0) is 25.7. The van der Waals surface area contributed by atoms with E-state index in [2.05, 4.69) is 0 Å². The van der Waals surface area contributed by atoms with Gasteiger partial charge in [-0.3, -0.25) is 14.5 Å².